The van der Waals surface area contributed by atoms with Crippen molar-refractivity contribution in [1.82, 2.24) is 0 Å². The molecule has 0 N–H and O–H groups in total. The fourth-order valence-corrected chi connectivity index (χ4v) is 1.12. The predicted octanol–water partition coefficient (Wildman–Crippen LogP) is 2.72. The molecule has 0 amide bonds. The molecule has 0 aromatic heterocycles. The third-order valence-corrected chi connectivity index (χ3v) is 2.04. The maximum absolute atomic E-state index is 11.4. The Morgan fingerprint density at radius 3 is 2.15 bits per heavy atom. The molecule has 0 spiro atoms. The van der Waals surface area contributed by atoms with Crippen LogP contribution < -0.4 is 0 Å². The zero-order chi connectivity index (χ0) is 10.3. The van der Waals surface area contributed by atoms with Crippen LogP contribution in [0.5, 0.6) is 0 Å². The first-order chi connectivity index (χ1) is 6.24. The number of rotatable bonds is 2. The SMILES string of the molecule is C=C.Cc1ccc(S(=O)OF)cc1. The van der Waals surface area contributed by atoms with E-state index in [4.69, 9.17) is 0 Å². The van der Waals surface area contributed by atoms with Gasteiger partial charge in [-0.1, -0.05) is 22.1 Å². The maximum atomic E-state index is 11.4. The van der Waals surface area contributed by atoms with Crippen molar-refractivity contribution in [1.29, 1.82) is 0 Å². The normalized spacial score (nSPS) is 11.2. The Hall–Kier alpha value is -1.00. The van der Waals surface area contributed by atoms with Crippen molar-refractivity contribution in [3.63, 3.8) is 0 Å². The molecule has 2 nitrogen and oxygen atoms in total. The van der Waals surface area contributed by atoms with Gasteiger partial charge >= 0.3 is 0 Å². The third-order valence-electron chi connectivity index (χ3n) is 1.27. The fourth-order valence-electron chi connectivity index (χ4n) is 0.686. The van der Waals surface area contributed by atoms with Crippen LogP contribution in [0.1, 0.15) is 5.56 Å². The average molecular weight is 202 g/mol. The highest BCUT2D eigenvalue weighted by molar-refractivity contribution is 7.80. The largest absolute Gasteiger partial charge is 0.225 e. The molecule has 1 atom stereocenters. The molecule has 1 aromatic carbocycles. The van der Waals surface area contributed by atoms with Crippen LogP contribution >= 0.6 is 0 Å². The topological polar surface area (TPSA) is 26.3 Å². The van der Waals surface area contributed by atoms with Crippen LogP contribution in [0.3, 0.4) is 0 Å². The molecular formula is C9H11FO2S. The van der Waals surface area contributed by atoms with E-state index in [1.165, 1.54) is 0 Å². The van der Waals surface area contributed by atoms with Crippen LogP contribution in [0, 0.1) is 6.92 Å². The Labute approximate surface area is 79.6 Å². The second-order valence-corrected chi connectivity index (χ2v) is 3.18. The molecule has 0 fully saturated rings. The van der Waals surface area contributed by atoms with Crippen molar-refractivity contribution in [3.05, 3.63) is 43.0 Å². The van der Waals surface area contributed by atoms with Gasteiger partial charge in [0.25, 0.3) is 0 Å². The summed E-state index contributed by atoms with van der Waals surface area (Å²) in [4.78, 5) is 0.332. The van der Waals surface area contributed by atoms with E-state index in [2.05, 4.69) is 17.5 Å². The van der Waals surface area contributed by atoms with Crippen molar-refractivity contribution in [2.75, 3.05) is 0 Å². The van der Waals surface area contributed by atoms with E-state index >= 15 is 0 Å². The summed E-state index contributed by atoms with van der Waals surface area (Å²) in [6.45, 7) is 7.89. The molecular weight excluding hydrogens is 191 g/mol. The second kappa shape index (κ2) is 6.51. The van der Waals surface area contributed by atoms with Gasteiger partial charge in [0, 0.05) is 0 Å². The summed E-state index contributed by atoms with van der Waals surface area (Å²) < 4.78 is 25.2. The smallest absolute Gasteiger partial charge is 0.221 e. The molecule has 72 valence electrons. The molecule has 0 aliphatic carbocycles. The first kappa shape index (κ1) is 12.0. The van der Waals surface area contributed by atoms with Gasteiger partial charge < -0.3 is 0 Å². The van der Waals surface area contributed by atoms with E-state index in [1.54, 1.807) is 24.3 Å². The van der Waals surface area contributed by atoms with Crippen LogP contribution in [0.15, 0.2) is 42.3 Å². The Morgan fingerprint density at radius 1 is 1.31 bits per heavy atom. The van der Waals surface area contributed by atoms with Gasteiger partial charge in [-0.05, 0) is 23.6 Å². The lowest BCUT2D eigenvalue weighted by Crippen LogP contribution is -1.89. The van der Waals surface area contributed by atoms with E-state index in [0.29, 0.717) is 4.90 Å². The van der Waals surface area contributed by atoms with Gasteiger partial charge in [0.2, 0.25) is 11.1 Å². The molecule has 1 unspecified atom stereocenters. The Bertz CT molecular complexity index is 271. The highest BCUT2D eigenvalue weighted by Gasteiger charge is 2.02. The molecule has 0 aliphatic heterocycles. The monoisotopic (exact) mass is 202 g/mol. The summed E-state index contributed by atoms with van der Waals surface area (Å²) in [5.74, 6) is 0. The molecule has 1 aromatic rings. The Kier molecular flexibility index (Phi) is 6.01. The molecule has 0 saturated heterocycles. The Morgan fingerprint density at radius 2 is 1.77 bits per heavy atom. The minimum atomic E-state index is -1.97. The number of halogens is 1. The molecule has 0 radical (unpaired) electrons. The summed E-state index contributed by atoms with van der Waals surface area (Å²) in [5, 5.41) is 0. The average Bonchev–Trinajstić information content (AvgIpc) is 2.21. The van der Waals surface area contributed by atoms with Crippen molar-refractivity contribution in [2.24, 2.45) is 0 Å². The van der Waals surface area contributed by atoms with Crippen molar-refractivity contribution in [2.45, 2.75) is 11.8 Å². The summed E-state index contributed by atoms with van der Waals surface area (Å²) in [6.07, 6.45) is 0. The summed E-state index contributed by atoms with van der Waals surface area (Å²) >= 11 is -1.97. The van der Waals surface area contributed by atoms with Gasteiger partial charge in [-0.2, -0.15) is 0 Å². The van der Waals surface area contributed by atoms with Crippen LogP contribution in [-0.4, -0.2) is 4.21 Å². The Balaban J connectivity index is 0.000000671. The molecule has 0 saturated carbocycles. The molecule has 4 heteroatoms. The quantitative estimate of drug-likeness (QED) is 0.689. The molecule has 0 bridgehead atoms. The molecule has 0 aliphatic rings. The number of hydrogen-bond donors (Lipinski definition) is 0. The maximum Gasteiger partial charge on any atom is 0.225 e. The lowest BCUT2D eigenvalue weighted by molar-refractivity contribution is 0.0125. The number of benzene rings is 1. The van der Waals surface area contributed by atoms with Gasteiger partial charge in [-0.15, -0.1) is 13.2 Å². The van der Waals surface area contributed by atoms with Crippen molar-refractivity contribution in [3.8, 4) is 0 Å². The van der Waals surface area contributed by atoms with E-state index < -0.39 is 11.1 Å². The molecule has 13 heavy (non-hydrogen) atoms. The van der Waals surface area contributed by atoms with E-state index in [9.17, 15) is 8.74 Å². The highest BCUT2D eigenvalue weighted by Crippen LogP contribution is 2.08. The van der Waals surface area contributed by atoms with Crippen LogP contribution in [0.25, 0.3) is 0 Å². The third kappa shape index (κ3) is 3.96. The zero-order valence-corrected chi connectivity index (χ0v) is 8.14. The number of hydrogen-bond acceptors (Lipinski definition) is 2. The van der Waals surface area contributed by atoms with E-state index in [-0.39, 0.29) is 0 Å². The van der Waals surface area contributed by atoms with Crippen LogP contribution in [0.4, 0.5) is 4.53 Å². The van der Waals surface area contributed by atoms with Gasteiger partial charge in [-0.25, -0.2) is 4.21 Å². The van der Waals surface area contributed by atoms with Crippen LogP contribution in [0.2, 0.25) is 0 Å². The van der Waals surface area contributed by atoms with E-state index in [1.807, 2.05) is 6.92 Å². The first-order valence-corrected chi connectivity index (χ1v) is 4.59. The molecule has 1 rings (SSSR count). The van der Waals surface area contributed by atoms with Crippen molar-refractivity contribution >= 4 is 11.1 Å². The van der Waals surface area contributed by atoms with Gasteiger partial charge in [-0.3, -0.25) is 0 Å². The van der Waals surface area contributed by atoms with Gasteiger partial charge in [0.15, 0.2) is 0 Å². The highest BCUT2D eigenvalue weighted by atomic mass is 32.2. The van der Waals surface area contributed by atoms with Gasteiger partial charge in [0.05, 0.1) is 4.90 Å². The number of aryl methyl sites for hydroxylation is 1. The summed E-state index contributed by atoms with van der Waals surface area (Å²) in [6, 6.07) is 6.61. The lowest BCUT2D eigenvalue weighted by atomic mass is 10.2. The lowest BCUT2D eigenvalue weighted by Gasteiger charge is -1.95. The minimum Gasteiger partial charge on any atom is -0.221 e. The van der Waals surface area contributed by atoms with Crippen molar-refractivity contribution < 1.29 is 13.1 Å². The zero-order valence-electron chi connectivity index (χ0n) is 7.33. The minimum absolute atomic E-state index is 0.332. The summed E-state index contributed by atoms with van der Waals surface area (Å²) in [7, 11) is 0. The van der Waals surface area contributed by atoms with E-state index in [0.717, 1.165) is 5.56 Å². The summed E-state index contributed by atoms with van der Waals surface area (Å²) in [5.41, 5.74) is 1.03. The van der Waals surface area contributed by atoms with Gasteiger partial charge in [0.1, 0.15) is 0 Å². The standard InChI is InChI=1S/C7H7FO2S.C2H4/c1-6-2-4-7(5-3-6)11(9)10-8;1-2/h2-5H,1H3;1-2H2. The predicted molar refractivity (Wildman–Crippen MR) is 51.0 cm³/mol. The molecule has 0 heterocycles. The fraction of sp³-hybridized carbons (Fsp3) is 0.111. The second-order valence-electron chi connectivity index (χ2n) is 2.11. The van der Waals surface area contributed by atoms with Crippen LogP contribution in [-0.2, 0) is 15.5 Å². The first-order valence-electron chi connectivity index (χ1n) is 3.51.